The van der Waals surface area contributed by atoms with Crippen molar-refractivity contribution in [3.63, 3.8) is 0 Å². The third kappa shape index (κ3) is 3.62. The zero-order valence-corrected chi connectivity index (χ0v) is 20.5. The number of pyridine rings is 1. The largest absolute Gasteiger partial charge is 0.379 e. The number of methoxy groups -OCH3 is 2. The molecule has 2 fully saturated rings. The maximum Gasteiger partial charge on any atom is 0.257 e. The topological polar surface area (TPSA) is 117 Å². The predicted octanol–water partition coefficient (Wildman–Crippen LogP) is 2.23. The van der Waals surface area contributed by atoms with Crippen LogP contribution in [-0.4, -0.2) is 82.8 Å². The Balaban J connectivity index is 1.38. The summed E-state index contributed by atoms with van der Waals surface area (Å²) in [5, 5.41) is 10.7. The number of carbonyl (C=O) groups excluding carboxylic acids is 1. The maximum absolute atomic E-state index is 13.1. The lowest BCUT2D eigenvalue weighted by Gasteiger charge is -2.35. The number of carbonyl (C=O) groups is 1. The predicted molar refractivity (Wildman–Crippen MR) is 132 cm³/mol. The fourth-order valence-electron chi connectivity index (χ4n) is 5.14. The van der Waals surface area contributed by atoms with E-state index in [0.717, 1.165) is 29.8 Å². The highest BCUT2D eigenvalue weighted by atomic mass is 16.5. The molecular weight excluding hydrogens is 462 g/mol. The van der Waals surface area contributed by atoms with Crippen molar-refractivity contribution >= 4 is 17.4 Å². The average Bonchev–Trinajstić information content (AvgIpc) is 3.63. The number of amides is 1. The standard InChI is InChI=1S/C25H29N7O4/c1-26-22-9-18(29-24-16(11-28-32(22)24)25(33)30-17-6-7-20(17)34-2)15-10-27-23-14(15)5-4-8-31(23)19-12-36-13-21(19)35-3/h4-5,8-11,17,19-21,26H,6-7,12-13H2,1-3H3,(H,30,33)/t17?,19-,20-,21-/m0/s1. The number of nitrogens with one attached hydrogen (secondary N) is 2. The molecule has 5 heterocycles. The first-order valence-electron chi connectivity index (χ1n) is 12.1. The Morgan fingerprint density at radius 1 is 1.14 bits per heavy atom. The molecule has 6 rings (SSSR count). The molecule has 4 atom stereocenters. The van der Waals surface area contributed by atoms with E-state index >= 15 is 0 Å². The molecule has 3 aliphatic heterocycles. The lowest BCUT2D eigenvalue weighted by molar-refractivity contribution is 0.00732. The summed E-state index contributed by atoms with van der Waals surface area (Å²) < 4.78 is 20.5. The Morgan fingerprint density at radius 3 is 2.75 bits per heavy atom. The minimum absolute atomic E-state index is 0.00133. The Kier molecular flexibility index (Phi) is 5.82. The van der Waals surface area contributed by atoms with Crippen molar-refractivity contribution in [2.24, 2.45) is 0 Å². The van der Waals surface area contributed by atoms with Crippen molar-refractivity contribution in [3.05, 3.63) is 42.4 Å². The highest BCUT2D eigenvalue weighted by Gasteiger charge is 2.34. The van der Waals surface area contributed by atoms with E-state index in [-0.39, 0.29) is 30.2 Å². The zero-order valence-electron chi connectivity index (χ0n) is 20.5. The summed E-state index contributed by atoms with van der Waals surface area (Å²) in [6.07, 6.45) is 7.24. The van der Waals surface area contributed by atoms with Gasteiger partial charge in [-0.2, -0.15) is 9.61 Å². The second-order valence-electron chi connectivity index (χ2n) is 9.21. The van der Waals surface area contributed by atoms with E-state index in [2.05, 4.69) is 20.3 Å². The fraction of sp³-hybridized carbons (Fsp3) is 0.440. The molecule has 0 bridgehead atoms. The molecule has 0 spiro atoms. The van der Waals surface area contributed by atoms with Crippen LogP contribution in [0.3, 0.4) is 0 Å². The van der Waals surface area contributed by atoms with Gasteiger partial charge in [-0.05, 0) is 25.0 Å². The quantitative estimate of drug-likeness (QED) is 0.404. The summed E-state index contributed by atoms with van der Waals surface area (Å²) >= 11 is 0. The highest BCUT2D eigenvalue weighted by Crippen LogP contribution is 2.37. The molecule has 1 saturated heterocycles. The molecule has 0 radical (unpaired) electrons. The van der Waals surface area contributed by atoms with E-state index in [9.17, 15) is 4.79 Å². The van der Waals surface area contributed by atoms with E-state index in [1.165, 1.54) is 0 Å². The number of rotatable bonds is 7. The molecular formula is C25H29N7O4. The molecule has 2 aromatic rings. The van der Waals surface area contributed by atoms with Crippen LogP contribution >= 0.6 is 0 Å². The van der Waals surface area contributed by atoms with Crippen LogP contribution in [0, 0.1) is 0 Å². The van der Waals surface area contributed by atoms with Gasteiger partial charge in [0.05, 0.1) is 43.3 Å². The molecule has 36 heavy (non-hydrogen) atoms. The first kappa shape index (κ1) is 22.9. The first-order valence-corrected chi connectivity index (χ1v) is 12.1. The Bertz CT molecular complexity index is 1380. The molecule has 188 valence electrons. The number of hydrogen-bond acceptors (Lipinski definition) is 8. The molecule has 1 unspecified atom stereocenters. The van der Waals surface area contributed by atoms with Crippen LogP contribution in [0.15, 0.2) is 36.8 Å². The van der Waals surface area contributed by atoms with Gasteiger partial charge in [0.2, 0.25) is 0 Å². The molecule has 1 aliphatic carbocycles. The monoisotopic (exact) mass is 491 g/mol. The number of aromatic nitrogens is 5. The molecule has 1 amide bonds. The van der Waals surface area contributed by atoms with Crippen LogP contribution in [0.4, 0.5) is 5.82 Å². The number of hydrogen-bond donors (Lipinski definition) is 2. The molecule has 11 nitrogen and oxygen atoms in total. The first-order chi connectivity index (χ1) is 17.6. The fourth-order valence-corrected chi connectivity index (χ4v) is 5.14. The van der Waals surface area contributed by atoms with E-state index in [1.807, 2.05) is 37.6 Å². The van der Waals surface area contributed by atoms with Gasteiger partial charge in [0.25, 0.3) is 5.91 Å². The van der Waals surface area contributed by atoms with E-state index in [1.54, 1.807) is 24.9 Å². The van der Waals surface area contributed by atoms with E-state index in [0.29, 0.717) is 35.9 Å². The molecule has 0 aromatic carbocycles. The summed E-state index contributed by atoms with van der Waals surface area (Å²) in [4.78, 5) is 22.7. The number of fused-ring (bicyclic) bond motifs is 2. The maximum atomic E-state index is 13.1. The summed E-state index contributed by atoms with van der Waals surface area (Å²) in [5.41, 5.74) is 3.42. The van der Waals surface area contributed by atoms with Crippen LogP contribution in [0.1, 0.15) is 29.2 Å². The Morgan fingerprint density at radius 2 is 2.00 bits per heavy atom. The summed E-state index contributed by atoms with van der Waals surface area (Å²) in [7, 11) is 5.19. The SMILES string of the molecule is CNc1cc(-c2cnc3n([C@H]4COC[C@@H]4OC)cccc2-3)nc2c(C(=O)NC3CC[C@@H]3OC)cnn12. The van der Waals surface area contributed by atoms with E-state index < -0.39 is 0 Å². The number of ether oxygens (including phenoxy) is 3. The summed E-state index contributed by atoms with van der Waals surface area (Å²) in [6, 6.07) is 5.98. The highest BCUT2D eigenvalue weighted by molar-refractivity contribution is 6.00. The van der Waals surface area contributed by atoms with Crippen LogP contribution in [-0.2, 0) is 14.2 Å². The van der Waals surface area contributed by atoms with Gasteiger partial charge in [0, 0.05) is 50.9 Å². The van der Waals surface area contributed by atoms with Crippen LogP contribution < -0.4 is 10.6 Å². The van der Waals surface area contributed by atoms with Gasteiger partial charge in [0.15, 0.2) is 5.65 Å². The minimum atomic E-state index is -0.210. The van der Waals surface area contributed by atoms with Crippen molar-refractivity contribution in [3.8, 4) is 22.6 Å². The van der Waals surface area contributed by atoms with Gasteiger partial charge in [0.1, 0.15) is 23.3 Å². The zero-order chi connectivity index (χ0) is 24.8. The van der Waals surface area contributed by atoms with Crippen molar-refractivity contribution in [1.82, 2.24) is 29.5 Å². The molecule has 11 heteroatoms. The number of anilines is 1. The van der Waals surface area contributed by atoms with Gasteiger partial charge in [-0.25, -0.2) is 9.97 Å². The lowest BCUT2D eigenvalue weighted by Crippen LogP contribution is -2.51. The molecule has 2 N–H and O–H groups in total. The van der Waals surface area contributed by atoms with Gasteiger partial charge in [-0.15, -0.1) is 0 Å². The molecule has 2 aromatic heterocycles. The van der Waals surface area contributed by atoms with Gasteiger partial charge >= 0.3 is 0 Å². The van der Waals surface area contributed by atoms with Gasteiger partial charge < -0.3 is 29.4 Å². The van der Waals surface area contributed by atoms with E-state index in [4.69, 9.17) is 24.2 Å². The van der Waals surface area contributed by atoms with Crippen molar-refractivity contribution in [2.75, 3.05) is 39.8 Å². The van der Waals surface area contributed by atoms with Crippen molar-refractivity contribution in [1.29, 1.82) is 0 Å². The Labute approximate surface area is 208 Å². The van der Waals surface area contributed by atoms with Crippen LogP contribution in [0.25, 0.3) is 28.3 Å². The molecule has 4 aliphatic rings. The summed E-state index contributed by atoms with van der Waals surface area (Å²) in [5.74, 6) is 1.34. The minimum Gasteiger partial charge on any atom is -0.379 e. The van der Waals surface area contributed by atoms with Gasteiger partial charge in [-0.3, -0.25) is 4.79 Å². The van der Waals surface area contributed by atoms with Crippen molar-refractivity contribution in [2.45, 2.75) is 37.1 Å². The summed E-state index contributed by atoms with van der Waals surface area (Å²) in [6.45, 7) is 1.12. The third-order valence-corrected chi connectivity index (χ3v) is 7.34. The van der Waals surface area contributed by atoms with Crippen LogP contribution in [0.2, 0.25) is 0 Å². The molecule has 1 saturated carbocycles. The second kappa shape index (κ2) is 9.16. The second-order valence-corrected chi connectivity index (χ2v) is 9.21. The number of nitrogens with zero attached hydrogens (tertiary/aromatic N) is 5. The van der Waals surface area contributed by atoms with Gasteiger partial charge in [-0.1, -0.05) is 0 Å². The third-order valence-electron chi connectivity index (χ3n) is 7.34. The normalized spacial score (nSPS) is 23.8. The average molecular weight is 492 g/mol. The lowest BCUT2D eigenvalue weighted by atomic mass is 9.89. The van der Waals surface area contributed by atoms with Crippen molar-refractivity contribution < 1.29 is 19.0 Å². The smallest absolute Gasteiger partial charge is 0.257 e. The van der Waals surface area contributed by atoms with Crippen LogP contribution in [0.5, 0.6) is 0 Å². The Hall–Kier alpha value is -3.54.